The van der Waals surface area contributed by atoms with Crippen LogP contribution in [0.2, 0.25) is 0 Å². The molecular formula is C21H28N6O. The molecule has 2 aromatic heterocycles. The Hall–Kier alpha value is -2.49. The fourth-order valence-electron chi connectivity index (χ4n) is 5.59. The molecule has 2 unspecified atom stereocenters. The molecule has 2 heterocycles. The van der Waals surface area contributed by atoms with Crippen molar-refractivity contribution < 1.29 is 4.79 Å². The smallest absolute Gasteiger partial charge is 0.199 e. The SMILES string of the molecule is CC(C)n1cnc(-c2c3c(nn2C)C2(C)CC(C#N)C(=O)C(C)(C)[C@@H]2CC3)n1. The maximum absolute atomic E-state index is 12.9. The fraction of sp³-hybridized carbons (Fsp3) is 0.667. The van der Waals surface area contributed by atoms with Crippen LogP contribution < -0.4 is 0 Å². The number of Topliss-reactive ketones (excluding diaryl/α,β-unsaturated/α-hetero) is 1. The van der Waals surface area contributed by atoms with Gasteiger partial charge in [0.15, 0.2) is 11.6 Å². The number of fused-ring (bicyclic) bond motifs is 3. The third-order valence-corrected chi connectivity index (χ3v) is 6.99. The summed E-state index contributed by atoms with van der Waals surface area (Å²) in [7, 11) is 1.93. The molecule has 0 radical (unpaired) electrons. The van der Waals surface area contributed by atoms with Gasteiger partial charge in [0, 0.05) is 29.5 Å². The predicted octanol–water partition coefficient (Wildman–Crippen LogP) is 3.22. The normalized spacial score (nSPS) is 28.7. The molecule has 0 bridgehead atoms. The Kier molecular flexibility index (Phi) is 4.04. The van der Waals surface area contributed by atoms with Crippen LogP contribution >= 0.6 is 0 Å². The summed E-state index contributed by atoms with van der Waals surface area (Å²) >= 11 is 0. The summed E-state index contributed by atoms with van der Waals surface area (Å²) in [5, 5.41) is 19.2. The van der Waals surface area contributed by atoms with Crippen molar-refractivity contribution in [1.82, 2.24) is 24.5 Å². The molecule has 148 valence electrons. The quantitative estimate of drug-likeness (QED) is 0.798. The van der Waals surface area contributed by atoms with E-state index in [1.54, 1.807) is 6.33 Å². The molecule has 7 heteroatoms. The molecule has 28 heavy (non-hydrogen) atoms. The number of nitrogens with zero attached hydrogens (tertiary/aromatic N) is 6. The van der Waals surface area contributed by atoms with E-state index in [2.05, 4.69) is 36.9 Å². The van der Waals surface area contributed by atoms with Crippen LogP contribution in [0.3, 0.4) is 0 Å². The number of rotatable bonds is 2. The molecule has 1 fully saturated rings. The zero-order chi connectivity index (χ0) is 20.4. The highest BCUT2D eigenvalue weighted by Crippen LogP contribution is 2.57. The Morgan fingerprint density at radius 2 is 2.00 bits per heavy atom. The first-order chi connectivity index (χ1) is 13.1. The lowest BCUT2D eigenvalue weighted by Crippen LogP contribution is -2.55. The highest BCUT2D eigenvalue weighted by Gasteiger charge is 2.58. The number of hydrogen-bond acceptors (Lipinski definition) is 5. The first-order valence-electron chi connectivity index (χ1n) is 10.0. The second-order valence-electron chi connectivity index (χ2n) is 9.42. The fourth-order valence-corrected chi connectivity index (χ4v) is 5.59. The average Bonchev–Trinajstić information content (AvgIpc) is 3.23. The van der Waals surface area contributed by atoms with Gasteiger partial charge in [0.2, 0.25) is 0 Å². The van der Waals surface area contributed by atoms with E-state index in [0.717, 1.165) is 24.2 Å². The lowest BCUT2D eigenvalue weighted by Gasteiger charge is -2.52. The van der Waals surface area contributed by atoms with E-state index < -0.39 is 11.3 Å². The van der Waals surface area contributed by atoms with Gasteiger partial charge in [-0.3, -0.25) is 9.48 Å². The van der Waals surface area contributed by atoms with E-state index in [1.807, 2.05) is 30.3 Å². The third kappa shape index (κ3) is 2.40. The zero-order valence-corrected chi connectivity index (χ0v) is 17.5. The second kappa shape index (κ2) is 6.00. The van der Waals surface area contributed by atoms with E-state index in [9.17, 15) is 10.1 Å². The summed E-state index contributed by atoms with van der Waals surface area (Å²) in [5.74, 6) is 0.365. The maximum atomic E-state index is 12.9. The van der Waals surface area contributed by atoms with Gasteiger partial charge in [0.25, 0.3) is 0 Å². The molecule has 0 N–H and O–H groups in total. The zero-order valence-electron chi connectivity index (χ0n) is 17.5. The van der Waals surface area contributed by atoms with E-state index in [0.29, 0.717) is 12.2 Å². The highest BCUT2D eigenvalue weighted by atomic mass is 16.1. The minimum atomic E-state index is -0.578. The van der Waals surface area contributed by atoms with E-state index in [-0.39, 0.29) is 23.2 Å². The van der Waals surface area contributed by atoms with Crippen LogP contribution in [0, 0.1) is 28.6 Å². The lowest BCUT2D eigenvalue weighted by atomic mass is 9.49. The Morgan fingerprint density at radius 1 is 1.29 bits per heavy atom. The molecule has 2 aliphatic carbocycles. The molecule has 0 spiro atoms. The molecule has 2 aromatic rings. The first kappa shape index (κ1) is 18.9. The maximum Gasteiger partial charge on any atom is 0.199 e. The number of carbonyl (C=O) groups excluding carboxylic acids is 1. The van der Waals surface area contributed by atoms with Crippen molar-refractivity contribution in [3.63, 3.8) is 0 Å². The van der Waals surface area contributed by atoms with Gasteiger partial charge >= 0.3 is 0 Å². The molecule has 1 saturated carbocycles. The summed E-state index contributed by atoms with van der Waals surface area (Å²) in [6.45, 7) is 10.3. The second-order valence-corrected chi connectivity index (χ2v) is 9.42. The monoisotopic (exact) mass is 380 g/mol. The van der Waals surface area contributed by atoms with Crippen LogP contribution in [0.25, 0.3) is 11.5 Å². The van der Waals surface area contributed by atoms with Gasteiger partial charge in [-0.2, -0.15) is 10.4 Å². The molecule has 0 amide bonds. The van der Waals surface area contributed by atoms with Crippen LogP contribution in [0.15, 0.2) is 6.33 Å². The average molecular weight is 380 g/mol. The van der Waals surface area contributed by atoms with Crippen LogP contribution in [-0.2, 0) is 23.7 Å². The predicted molar refractivity (Wildman–Crippen MR) is 104 cm³/mol. The molecular weight excluding hydrogens is 352 g/mol. The van der Waals surface area contributed by atoms with Gasteiger partial charge in [-0.05, 0) is 39.0 Å². The minimum Gasteiger partial charge on any atom is -0.298 e. The van der Waals surface area contributed by atoms with Gasteiger partial charge in [-0.1, -0.05) is 20.8 Å². The van der Waals surface area contributed by atoms with Crippen molar-refractivity contribution in [2.45, 2.75) is 65.3 Å². The molecule has 0 saturated heterocycles. The highest BCUT2D eigenvalue weighted by molar-refractivity contribution is 5.90. The van der Waals surface area contributed by atoms with Crippen LogP contribution in [0.5, 0.6) is 0 Å². The van der Waals surface area contributed by atoms with Gasteiger partial charge in [-0.15, -0.1) is 5.10 Å². The number of ketones is 1. The molecule has 0 aromatic carbocycles. The molecule has 7 nitrogen and oxygen atoms in total. The van der Waals surface area contributed by atoms with Crippen LogP contribution in [-0.4, -0.2) is 30.3 Å². The molecule has 0 aliphatic heterocycles. The summed E-state index contributed by atoms with van der Waals surface area (Å²) < 4.78 is 3.74. The standard InChI is InChI=1S/C21H28N6O/c1-12(2)27-11-23-19(25-27)16-14-7-8-15-20(3,4)18(28)13(10-22)9-21(15,5)17(14)24-26(16)6/h11-13,15H,7-9H2,1-6H3/t13?,15-,21?/m0/s1. The lowest BCUT2D eigenvalue weighted by molar-refractivity contribution is -0.140. The Balaban J connectivity index is 1.86. The number of nitriles is 1. The van der Waals surface area contributed by atoms with E-state index in [4.69, 9.17) is 5.10 Å². The van der Waals surface area contributed by atoms with Gasteiger partial charge in [0.1, 0.15) is 17.9 Å². The summed E-state index contributed by atoms with van der Waals surface area (Å²) in [4.78, 5) is 17.4. The Labute approximate surface area is 165 Å². The number of aryl methyl sites for hydroxylation is 1. The number of aromatic nitrogens is 5. The van der Waals surface area contributed by atoms with Crippen LogP contribution in [0.1, 0.15) is 64.8 Å². The van der Waals surface area contributed by atoms with Gasteiger partial charge in [0.05, 0.1) is 11.8 Å². The molecule has 3 atom stereocenters. The van der Waals surface area contributed by atoms with Crippen molar-refractivity contribution in [2.75, 3.05) is 0 Å². The summed E-state index contributed by atoms with van der Waals surface area (Å²) in [6, 6.07) is 2.50. The number of carbonyl (C=O) groups is 1. The molecule has 4 rings (SSSR count). The van der Waals surface area contributed by atoms with Crippen molar-refractivity contribution in [3.8, 4) is 17.6 Å². The Bertz CT molecular complexity index is 991. The van der Waals surface area contributed by atoms with Gasteiger partial charge < -0.3 is 0 Å². The van der Waals surface area contributed by atoms with E-state index >= 15 is 0 Å². The van der Waals surface area contributed by atoms with Gasteiger partial charge in [-0.25, -0.2) is 9.67 Å². The van der Waals surface area contributed by atoms with Crippen molar-refractivity contribution in [3.05, 3.63) is 17.6 Å². The van der Waals surface area contributed by atoms with E-state index in [1.165, 1.54) is 5.56 Å². The third-order valence-electron chi connectivity index (χ3n) is 6.99. The largest absolute Gasteiger partial charge is 0.298 e. The Morgan fingerprint density at radius 3 is 2.61 bits per heavy atom. The van der Waals surface area contributed by atoms with Crippen molar-refractivity contribution in [1.29, 1.82) is 5.26 Å². The van der Waals surface area contributed by atoms with Crippen LogP contribution in [0.4, 0.5) is 0 Å². The minimum absolute atomic E-state index is 0.0782. The number of hydrogen-bond donors (Lipinski definition) is 0. The van der Waals surface area contributed by atoms with Crippen molar-refractivity contribution in [2.24, 2.45) is 24.3 Å². The summed E-state index contributed by atoms with van der Waals surface area (Å²) in [6.07, 6.45) is 4.06. The topological polar surface area (TPSA) is 89.4 Å². The first-order valence-corrected chi connectivity index (χ1v) is 10.0. The summed E-state index contributed by atoms with van der Waals surface area (Å²) in [5.41, 5.74) is 2.31. The molecule has 2 aliphatic rings. The van der Waals surface area contributed by atoms with Crippen molar-refractivity contribution >= 4 is 5.78 Å².